The van der Waals surface area contributed by atoms with E-state index < -0.39 is 0 Å². The van der Waals surface area contributed by atoms with Crippen molar-refractivity contribution in [1.29, 1.82) is 0 Å². The van der Waals surface area contributed by atoms with Gasteiger partial charge in [0.2, 0.25) is 0 Å². The van der Waals surface area contributed by atoms with E-state index >= 15 is 0 Å². The first-order valence-corrected chi connectivity index (χ1v) is 9.90. The minimum atomic E-state index is 0.455. The molecule has 0 radical (unpaired) electrons. The van der Waals surface area contributed by atoms with Crippen molar-refractivity contribution in [2.45, 2.75) is 26.3 Å². The van der Waals surface area contributed by atoms with Crippen molar-refractivity contribution in [3.8, 4) is 0 Å². The third-order valence-corrected chi connectivity index (χ3v) is 6.58. The van der Waals surface area contributed by atoms with Gasteiger partial charge in [-0.2, -0.15) is 0 Å². The van der Waals surface area contributed by atoms with E-state index in [0.29, 0.717) is 12.0 Å². The molecule has 136 valence electrons. The number of rotatable bonds is 5. The molecule has 2 aliphatic rings. The van der Waals surface area contributed by atoms with Gasteiger partial charge in [0, 0.05) is 43.1 Å². The normalized spacial score (nSPS) is 23.2. The number of thiophene rings is 1. The van der Waals surface area contributed by atoms with Gasteiger partial charge in [-0.3, -0.25) is 4.90 Å². The number of anilines is 1. The van der Waals surface area contributed by atoms with Crippen molar-refractivity contribution in [1.82, 2.24) is 14.9 Å². The first-order chi connectivity index (χ1) is 12.2. The summed E-state index contributed by atoms with van der Waals surface area (Å²) in [6, 6.07) is 0.455. The predicted octanol–water partition coefficient (Wildman–Crippen LogP) is 2.46. The van der Waals surface area contributed by atoms with Crippen LogP contribution < -0.4 is 5.32 Å². The zero-order valence-corrected chi connectivity index (χ0v) is 15.8. The molecule has 4 heterocycles. The van der Waals surface area contributed by atoms with Crippen LogP contribution in [0.2, 0.25) is 0 Å². The summed E-state index contributed by atoms with van der Waals surface area (Å²) in [5.41, 5.74) is 1.29. The van der Waals surface area contributed by atoms with Crippen LogP contribution in [-0.4, -0.2) is 67.0 Å². The summed E-state index contributed by atoms with van der Waals surface area (Å²) in [5, 5.41) is 4.81. The van der Waals surface area contributed by atoms with Gasteiger partial charge in [0.05, 0.1) is 25.2 Å². The van der Waals surface area contributed by atoms with Crippen LogP contribution in [0.3, 0.4) is 0 Å². The minimum absolute atomic E-state index is 0.455. The largest absolute Gasteiger partial charge is 0.381 e. The number of hydrogen-bond acceptors (Lipinski definition) is 7. The number of ether oxygens (including phenoxy) is 2. The maximum absolute atomic E-state index is 5.66. The van der Waals surface area contributed by atoms with Gasteiger partial charge in [0.15, 0.2) is 0 Å². The van der Waals surface area contributed by atoms with Crippen LogP contribution >= 0.6 is 11.3 Å². The van der Waals surface area contributed by atoms with Crippen molar-refractivity contribution < 1.29 is 9.47 Å². The minimum Gasteiger partial charge on any atom is -0.381 e. The lowest BCUT2D eigenvalue weighted by atomic mass is 9.97. The fourth-order valence-corrected chi connectivity index (χ4v) is 4.87. The molecular weight excluding hydrogens is 336 g/mol. The van der Waals surface area contributed by atoms with Crippen LogP contribution in [0.4, 0.5) is 5.82 Å². The lowest BCUT2D eigenvalue weighted by molar-refractivity contribution is 0.00460. The maximum atomic E-state index is 5.66. The second-order valence-electron chi connectivity index (χ2n) is 6.91. The third kappa shape index (κ3) is 3.51. The number of fused-ring (bicyclic) bond motifs is 1. The first kappa shape index (κ1) is 17.1. The Morgan fingerprint density at radius 3 is 2.84 bits per heavy atom. The van der Waals surface area contributed by atoms with E-state index in [2.05, 4.69) is 34.0 Å². The maximum Gasteiger partial charge on any atom is 0.138 e. The van der Waals surface area contributed by atoms with E-state index in [9.17, 15) is 0 Å². The summed E-state index contributed by atoms with van der Waals surface area (Å²) in [5.74, 6) is 1.54. The molecule has 2 saturated heterocycles. The Balaban J connectivity index is 1.54. The Hall–Kier alpha value is -1.28. The Bertz CT molecular complexity index is 723. The average Bonchev–Trinajstić information content (AvgIpc) is 3.26. The molecule has 2 aliphatic heterocycles. The summed E-state index contributed by atoms with van der Waals surface area (Å²) in [6.45, 7) is 10.6. The zero-order valence-electron chi connectivity index (χ0n) is 15.0. The number of nitrogens with zero attached hydrogens (tertiary/aromatic N) is 3. The summed E-state index contributed by atoms with van der Waals surface area (Å²) in [4.78, 5) is 13.9. The second kappa shape index (κ2) is 7.53. The van der Waals surface area contributed by atoms with Crippen molar-refractivity contribution >= 4 is 27.4 Å². The van der Waals surface area contributed by atoms with Crippen molar-refractivity contribution in [3.63, 3.8) is 0 Å². The number of aryl methyl sites for hydroxylation is 2. The lowest BCUT2D eigenvalue weighted by Gasteiger charge is -2.37. The van der Waals surface area contributed by atoms with Gasteiger partial charge < -0.3 is 14.8 Å². The highest BCUT2D eigenvalue weighted by Gasteiger charge is 2.31. The van der Waals surface area contributed by atoms with E-state index in [1.807, 2.05) is 0 Å². The van der Waals surface area contributed by atoms with Gasteiger partial charge in [0.1, 0.15) is 17.0 Å². The Morgan fingerprint density at radius 2 is 2.08 bits per heavy atom. The highest BCUT2D eigenvalue weighted by molar-refractivity contribution is 7.18. The van der Waals surface area contributed by atoms with Crippen molar-refractivity contribution in [2.75, 3.05) is 51.4 Å². The Kier molecular flexibility index (Phi) is 5.17. The standard InChI is InChI=1S/C18H26N4O2S/c1-12-13(2)25-18-16(12)17(20-11-21-18)19-9-15(14-3-6-24-10-14)22-4-7-23-8-5-22/h11,14-15H,3-10H2,1-2H3,(H,19,20,21)/t14-,15+/m0/s1. The van der Waals surface area contributed by atoms with Gasteiger partial charge in [-0.05, 0) is 25.8 Å². The van der Waals surface area contributed by atoms with E-state index in [0.717, 1.165) is 63.1 Å². The fourth-order valence-electron chi connectivity index (χ4n) is 3.88. The van der Waals surface area contributed by atoms with E-state index in [1.165, 1.54) is 15.8 Å². The average molecular weight is 362 g/mol. The van der Waals surface area contributed by atoms with Crippen molar-refractivity contribution in [2.24, 2.45) is 5.92 Å². The van der Waals surface area contributed by atoms with Gasteiger partial charge in [0.25, 0.3) is 0 Å². The van der Waals surface area contributed by atoms with Gasteiger partial charge in [-0.25, -0.2) is 9.97 Å². The van der Waals surface area contributed by atoms with Crippen LogP contribution in [0.1, 0.15) is 16.9 Å². The SMILES string of the molecule is Cc1sc2ncnc(NC[C@H]([C@H]3CCOC3)N3CCOCC3)c2c1C. The molecule has 0 saturated carbocycles. The highest BCUT2D eigenvalue weighted by Crippen LogP contribution is 2.33. The molecule has 0 spiro atoms. The smallest absolute Gasteiger partial charge is 0.138 e. The number of morpholine rings is 1. The van der Waals surface area contributed by atoms with Gasteiger partial charge in [-0.15, -0.1) is 11.3 Å². The van der Waals surface area contributed by atoms with Gasteiger partial charge >= 0.3 is 0 Å². The molecule has 0 aromatic carbocycles. The Morgan fingerprint density at radius 1 is 1.24 bits per heavy atom. The topological polar surface area (TPSA) is 59.5 Å². The van der Waals surface area contributed by atoms with E-state index in [1.54, 1.807) is 17.7 Å². The molecule has 0 amide bonds. The molecule has 2 aromatic rings. The molecule has 0 bridgehead atoms. The molecule has 2 atom stereocenters. The number of hydrogen-bond donors (Lipinski definition) is 1. The monoisotopic (exact) mass is 362 g/mol. The molecule has 6 nitrogen and oxygen atoms in total. The van der Waals surface area contributed by atoms with Crippen LogP contribution in [0.5, 0.6) is 0 Å². The lowest BCUT2D eigenvalue weighted by Crippen LogP contribution is -2.50. The molecule has 0 aliphatic carbocycles. The molecule has 4 rings (SSSR count). The molecule has 1 N–H and O–H groups in total. The van der Waals surface area contributed by atoms with Crippen LogP contribution in [0.15, 0.2) is 6.33 Å². The quantitative estimate of drug-likeness (QED) is 0.882. The summed E-state index contributed by atoms with van der Waals surface area (Å²) < 4.78 is 11.2. The van der Waals surface area contributed by atoms with Crippen LogP contribution in [-0.2, 0) is 9.47 Å². The third-order valence-electron chi connectivity index (χ3n) is 5.47. The fraction of sp³-hybridized carbons (Fsp3) is 0.667. The first-order valence-electron chi connectivity index (χ1n) is 9.08. The number of aromatic nitrogens is 2. The van der Waals surface area contributed by atoms with E-state index in [-0.39, 0.29) is 0 Å². The highest BCUT2D eigenvalue weighted by atomic mass is 32.1. The molecule has 25 heavy (non-hydrogen) atoms. The molecule has 2 fully saturated rings. The summed E-state index contributed by atoms with van der Waals surface area (Å²) in [7, 11) is 0. The second-order valence-corrected chi connectivity index (χ2v) is 8.11. The molecule has 7 heteroatoms. The molecular formula is C18H26N4O2S. The van der Waals surface area contributed by atoms with E-state index in [4.69, 9.17) is 9.47 Å². The van der Waals surface area contributed by atoms with Crippen LogP contribution in [0.25, 0.3) is 10.2 Å². The molecule has 0 unspecified atom stereocenters. The van der Waals surface area contributed by atoms with Crippen molar-refractivity contribution in [3.05, 3.63) is 16.8 Å². The predicted molar refractivity (Wildman–Crippen MR) is 100 cm³/mol. The number of nitrogens with one attached hydrogen (secondary N) is 1. The summed E-state index contributed by atoms with van der Waals surface area (Å²) in [6.07, 6.45) is 2.81. The summed E-state index contributed by atoms with van der Waals surface area (Å²) >= 11 is 1.74. The van der Waals surface area contributed by atoms with Gasteiger partial charge in [-0.1, -0.05) is 0 Å². The Labute approximate surface area is 152 Å². The zero-order chi connectivity index (χ0) is 17.2. The molecule has 2 aromatic heterocycles. The van der Waals surface area contributed by atoms with Crippen LogP contribution in [0, 0.1) is 19.8 Å².